The molecule has 0 bridgehead atoms. The molecule has 0 fully saturated rings. The van der Waals surface area contributed by atoms with Crippen molar-refractivity contribution in [3.05, 3.63) is 59.2 Å². The molecule has 0 aliphatic carbocycles. The molecular weight excluding hydrogens is 320 g/mol. The summed E-state index contributed by atoms with van der Waals surface area (Å²) >= 11 is 1.30. The third kappa shape index (κ3) is 4.15. The zero-order valence-corrected chi connectivity index (χ0v) is 14.6. The molecule has 5 nitrogen and oxygen atoms in total. The number of amides is 1. The van der Waals surface area contributed by atoms with E-state index in [0.29, 0.717) is 16.4 Å². The second-order valence-corrected chi connectivity index (χ2v) is 5.87. The third-order valence-electron chi connectivity index (χ3n) is 3.58. The number of para-hydroxylation sites is 1. The summed E-state index contributed by atoms with van der Waals surface area (Å²) in [5, 5.41) is 14.6. The second kappa shape index (κ2) is 8.18. The van der Waals surface area contributed by atoms with Gasteiger partial charge in [0.25, 0.3) is 5.91 Å². The lowest BCUT2D eigenvalue weighted by atomic mass is 10.1. The molecule has 0 saturated heterocycles. The van der Waals surface area contributed by atoms with Crippen LogP contribution < -0.4 is 10.6 Å². The Bertz CT molecular complexity index is 824. The fraction of sp³-hybridized carbons (Fsp3) is 0.167. The first-order valence-electron chi connectivity index (χ1n) is 7.31. The van der Waals surface area contributed by atoms with Crippen LogP contribution in [0, 0.1) is 25.3 Å². The number of amidine groups is 1. The number of aliphatic imine (C=N–C) groups is 1. The maximum absolute atomic E-state index is 12.7. The Morgan fingerprint density at radius 2 is 1.92 bits per heavy atom. The van der Waals surface area contributed by atoms with Gasteiger partial charge in [-0.1, -0.05) is 36.0 Å². The lowest BCUT2D eigenvalue weighted by Gasteiger charge is -2.12. The summed E-state index contributed by atoms with van der Waals surface area (Å²) in [6.07, 6.45) is 3.65. The van der Waals surface area contributed by atoms with Gasteiger partial charge in [0.2, 0.25) is 0 Å². The van der Waals surface area contributed by atoms with Crippen LogP contribution in [0.2, 0.25) is 0 Å². The standard InChI is InChI=1S/C18H18N4OS/c1-12-7-6-10-15(13(12)2)21-17(23)14-8-4-5-9-16(14)22-18(24-3)20-11-19/h4-10H,1-3H3,(H,20,22)(H,21,23). The fourth-order valence-electron chi connectivity index (χ4n) is 2.12. The maximum Gasteiger partial charge on any atom is 0.257 e. The SMILES string of the molecule is CSC(=Nc1ccccc1C(=O)Nc1cccc(C)c1C)NC#N. The molecule has 0 atom stereocenters. The van der Waals surface area contributed by atoms with Crippen molar-refractivity contribution >= 4 is 34.2 Å². The molecule has 1 amide bonds. The fourth-order valence-corrected chi connectivity index (χ4v) is 2.46. The Morgan fingerprint density at radius 3 is 2.62 bits per heavy atom. The number of aryl methyl sites for hydroxylation is 1. The first-order valence-corrected chi connectivity index (χ1v) is 8.53. The number of hydrogen-bond donors (Lipinski definition) is 2. The molecule has 2 aromatic carbocycles. The largest absolute Gasteiger partial charge is 0.322 e. The molecule has 6 heteroatoms. The highest BCUT2D eigenvalue weighted by Crippen LogP contribution is 2.23. The summed E-state index contributed by atoms with van der Waals surface area (Å²) in [5.74, 6) is -0.236. The van der Waals surface area contributed by atoms with Gasteiger partial charge in [-0.15, -0.1) is 0 Å². The van der Waals surface area contributed by atoms with Gasteiger partial charge in [-0.25, -0.2) is 4.99 Å². The molecule has 2 aromatic rings. The highest BCUT2D eigenvalue weighted by Gasteiger charge is 2.13. The van der Waals surface area contributed by atoms with Gasteiger partial charge in [0.15, 0.2) is 11.4 Å². The van der Waals surface area contributed by atoms with Crippen LogP contribution in [0.15, 0.2) is 47.5 Å². The molecule has 0 aliphatic rings. The van der Waals surface area contributed by atoms with Crippen molar-refractivity contribution in [3.63, 3.8) is 0 Å². The van der Waals surface area contributed by atoms with Crippen LogP contribution >= 0.6 is 11.8 Å². The van der Waals surface area contributed by atoms with E-state index in [4.69, 9.17) is 5.26 Å². The number of benzene rings is 2. The molecule has 2 N–H and O–H groups in total. The summed E-state index contributed by atoms with van der Waals surface area (Å²) in [6, 6.07) is 12.8. The molecular formula is C18H18N4OS. The van der Waals surface area contributed by atoms with Gasteiger partial charge < -0.3 is 5.32 Å². The number of carbonyl (C=O) groups is 1. The van der Waals surface area contributed by atoms with Crippen LogP contribution in [-0.2, 0) is 0 Å². The number of thioether (sulfide) groups is 1. The Hall–Kier alpha value is -2.78. The highest BCUT2D eigenvalue weighted by molar-refractivity contribution is 8.13. The predicted octanol–water partition coefficient (Wildman–Crippen LogP) is 3.98. The summed E-state index contributed by atoms with van der Waals surface area (Å²) < 4.78 is 0. The summed E-state index contributed by atoms with van der Waals surface area (Å²) in [6.45, 7) is 3.97. The first kappa shape index (κ1) is 17.6. The van der Waals surface area contributed by atoms with Gasteiger partial charge >= 0.3 is 0 Å². The van der Waals surface area contributed by atoms with Crippen molar-refractivity contribution in [2.24, 2.45) is 4.99 Å². The molecule has 0 aromatic heterocycles. The molecule has 0 heterocycles. The van der Waals surface area contributed by atoms with Gasteiger partial charge in [0, 0.05) is 5.69 Å². The Kier molecular flexibility index (Phi) is 5.99. The minimum Gasteiger partial charge on any atom is -0.322 e. The van der Waals surface area contributed by atoms with Crippen molar-refractivity contribution in [1.29, 1.82) is 5.26 Å². The Balaban J connectivity index is 2.34. The van der Waals surface area contributed by atoms with E-state index in [1.165, 1.54) is 11.8 Å². The number of nitrogens with zero attached hydrogens (tertiary/aromatic N) is 2. The molecule has 122 valence electrons. The van der Waals surface area contributed by atoms with E-state index in [9.17, 15) is 4.79 Å². The number of hydrogen-bond acceptors (Lipinski definition) is 4. The normalized spacial score (nSPS) is 10.8. The number of anilines is 1. The van der Waals surface area contributed by atoms with E-state index in [2.05, 4.69) is 15.6 Å². The van der Waals surface area contributed by atoms with E-state index in [1.54, 1.807) is 24.3 Å². The van der Waals surface area contributed by atoms with E-state index in [0.717, 1.165) is 16.8 Å². The van der Waals surface area contributed by atoms with Gasteiger partial charge in [-0.05, 0) is 49.4 Å². The second-order valence-electron chi connectivity index (χ2n) is 5.08. The smallest absolute Gasteiger partial charge is 0.257 e. The summed E-state index contributed by atoms with van der Waals surface area (Å²) in [5.41, 5.74) is 3.88. The first-order chi connectivity index (χ1) is 11.6. The van der Waals surface area contributed by atoms with Gasteiger partial charge in [-0.2, -0.15) is 5.26 Å². The topological polar surface area (TPSA) is 77.3 Å². The van der Waals surface area contributed by atoms with Crippen LogP contribution in [0.4, 0.5) is 11.4 Å². The average molecular weight is 338 g/mol. The van der Waals surface area contributed by atoms with E-state index in [-0.39, 0.29) is 5.91 Å². The van der Waals surface area contributed by atoms with Crippen molar-refractivity contribution < 1.29 is 4.79 Å². The van der Waals surface area contributed by atoms with Crippen LogP contribution in [-0.4, -0.2) is 17.3 Å². The molecule has 2 rings (SSSR count). The quantitative estimate of drug-likeness (QED) is 0.384. The van der Waals surface area contributed by atoms with Crippen LogP contribution in [0.3, 0.4) is 0 Å². The zero-order chi connectivity index (χ0) is 17.5. The van der Waals surface area contributed by atoms with E-state index >= 15 is 0 Å². The number of carbonyl (C=O) groups excluding carboxylic acids is 1. The summed E-state index contributed by atoms with van der Waals surface area (Å²) in [4.78, 5) is 17.0. The van der Waals surface area contributed by atoms with Crippen molar-refractivity contribution in [2.45, 2.75) is 13.8 Å². The lowest BCUT2D eigenvalue weighted by Crippen LogP contribution is -2.15. The zero-order valence-electron chi connectivity index (χ0n) is 13.8. The average Bonchev–Trinajstić information content (AvgIpc) is 2.59. The third-order valence-corrected chi connectivity index (χ3v) is 4.16. The van der Waals surface area contributed by atoms with E-state index in [1.807, 2.05) is 44.5 Å². The predicted molar refractivity (Wildman–Crippen MR) is 99.7 cm³/mol. The number of nitriles is 1. The number of rotatable bonds is 3. The van der Waals surface area contributed by atoms with Gasteiger partial charge in [0.1, 0.15) is 0 Å². The Labute approximate surface area is 145 Å². The van der Waals surface area contributed by atoms with E-state index < -0.39 is 0 Å². The molecule has 0 unspecified atom stereocenters. The van der Waals surface area contributed by atoms with Crippen molar-refractivity contribution in [3.8, 4) is 6.19 Å². The molecule has 0 radical (unpaired) electrons. The molecule has 24 heavy (non-hydrogen) atoms. The summed E-state index contributed by atoms with van der Waals surface area (Å²) in [7, 11) is 0. The monoisotopic (exact) mass is 338 g/mol. The molecule has 0 spiro atoms. The number of nitrogens with one attached hydrogen (secondary N) is 2. The minimum absolute atomic E-state index is 0.236. The Morgan fingerprint density at radius 1 is 1.17 bits per heavy atom. The van der Waals surface area contributed by atoms with Crippen LogP contribution in [0.1, 0.15) is 21.5 Å². The van der Waals surface area contributed by atoms with Crippen molar-refractivity contribution in [2.75, 3.05) is 11.6 Å². The lowest BCUT2D eigenvalue weighted by molar-refractivity contribution is 0.102. The van der Waals surface area contributed by atoms with Gasteiger partial charge in [-0.3, -0.25) is 10.1 Å². The van der Waals surface area contributed by atoms with Crippen LogP contribution in [0.5, 0.6) is 0 Å². The highest BCUT2D eigenvalue weighted by atomic mass is 32.2. The van der Waals surface area contributed by atoms with Crippen molar-refractivity contribution in [1.82, 2.24) is 5.32 Å². The van der Waals surface area contributed by atoms with Gasteiger partial charge in [0.05, 0.1) is 11.3 Å². The maximum atomic E-state index is 12.7. The molecule has 0 saturated carbocycles. The molecule has 0 aliphatic heterocycles. The minimum atomic E-state index is -0.236. The van der Waals surface area contributed by atoms with Crippen LogP contribution in [0.25, 0.3) is 0 Å².